The second kappa shape index (κ2) is 23.7. The van der Waals surface area contributed by atoms with Crippen LogP contribution < -0.4 is 0 Å². The van der Waals surface area contributed by atoms with E-state index in [-0.39, 0.29) is 113 Å². The first-order valence-corrected chi connectivity index (χ1v) is 28.4. The summed E-state index contributed by atoms with van der Waals surface area (Å²) in [5, 5.41) is 51.3. The number of hydrogen-bond acceptors (Lipinski definition) is 21. The zero-order valence-electron chi connectivity index (χ0n) is 43.4. The van der Waals surface area contributed by atoms with E-state index in [1.165, 1.54) is 21.9 Å². The van der Waals surface area contributed by atoms with Crippen molar-refractivity contribution in [2.45, 2.75) is 57.3 Å². The standard InChI is InChI=1S/C60H42N8O10S4/c1-3-67-51(69)49(81-53(67)39(27-61)28-62)65-43-25-41-47(79-43)45-46(59(41,55(71)75-31-35-17-9-5-10-18-35)56(72)76-32-36-19-11-6-12-20-36)48-42(26-44(80-48)66-50-52(70)68(4-2)54(82-50)40(29-63)30-64)60(45,57(73)77-33-37-21-13-7-14-22-37)58(74)78-34-38-23-15-8-16-24-38/h5-26,51,69H,3-4,31-34H2,1-2H3/b65-49+,66-50+. The van der Waals surface area contributed by atoms with Gasteiger partial charge in [-0.1, -0.05) is 121 Å². The van der Waals surface area contributed by atoms with Crippen molar-refractivity contribution in [1.82, 2.24) is 9.80 Å². The van der Waals surface area contributed by atoms with E-state index in [0.717, 1.165) is 46.2 Å². The average molecular weight is 1160 g/mol. The lowest BCUT2D eigenvalue weighted by atomic mass is 9.76. The third-order valence-electron chi connectivity index (χ3n) is 13.6. The van der Waals surface area contributed by atoms with E-state index in [1.54, 1.807) is 135 Å². The van der Waals surface area contributed by atoms with Gasteiger partial charge in [-0.05, 0) is 71.8 Å². The molecule has 4 aromatic carbocycles. The second-order valence-corrected chi connectivity index (χ2v) is 22.3. The molecule has 1 amide bonds. The van der Waals surface area contributed by atoms with Gasteiger partial charge in [-0.25, -0.2) is 9.98 Å². The Labute approximate surface area is 485 Å². The average Bonchev–Trinajstić information content (AvgIpc) is 1.58. The Morgan fingerprint density at radius 2 is 0.915 bits per heavy atom. The summed E-state index contributed by atoms with van der Waals surface area (Å²) in [6.45, 7) is 2.11. The van der Waals surface area contributed by atoms with Crippen LogP contribution in [-0.2, 0) is 80.2 Å². The molecule has 4 heterocycles. The molecule has 4 aliphatic rings. The number of aliphatic hydroxyl groups excluding tert-OH is 1. The molecule has 18 nitrogen and oxygen atoms in total. The number of carbonyl (C=O) groups excluding carboxylic acids is 5. The molecule has 22 heteroatoms. The highest BCUT2D eigenvalue weighted by Crippen LogP contribution is 2.69. The van der Waals surface area contributed by atoms with Crippen LogP contribution >= 0.6 is 46.2 Å². The lowest BCUT2D eigenvalue weighted by molar-refractivity contribution is -0.165. The van der Waals surface area contributed by atoms with Crippen LogP contribution in [0.2, 0.25) is 0 Å². The minimum atomic E-state index is -2.72. The molecular weight excluding hydrogens is 1120 g/mol. The summed E-state index contributed by atoms with van der Waals surface area (Å²) >= 11 is 3.34. The molecule has 2 aliphatic heterocycles. The highest BCUT2D eigenvalue weighted by atomic mass is 32.2. The normalized spacial score (nSPS) is 17.1. The summed E-state index contributed by atoms with van der Waals surface area (Å²) in [5.41, 5.74) is -4.56. The number of esters is 4. The fourth-order valence-corrected chi connectivity index (χ4v) is 14.5. The Kier molecular flexibility index (Phi) is 16.2. The summed E-state index contributed by atoms with van der Waals surface area (Å²) in [6, 6.07) is 44.8. The predicted octanol–water partition coefficient (Wildman–Crippen LogP) is 9.76. The lowest BCUT2D eigenvalue weighted by Crippen LogP contribution is -2.45. The Hall–Kier alpha value is -9.39. The van der Waals surface area contributed by atoms with E-state index in [9.17, 15) is 30.9 Å². The van der Waals surface area contributed by atoms with Crippen LogP contribution in [0.1, 0.15) is 57.0 Å². The van der Waals surface area contributed by atoms with Gasteiger partial charge < -0.3 is 29.0 Å². The molecule has 0 saturated carbocycles. The van der Waals surface area contributed by atoms with Gasteiger partial charge in [-0.15, -0.1) is 22.7 Å². The van der Waals surface area contributed by atoms with Crippen molar-refractivity contribution in [3.8, 4) is 24.3 Å². The molecule has 1 unspecified atom stereocenters. The van der Waals surface area contributed by atoms with Crippen LogP contribution in [0.3, 0.4) is 0 Å². The number of benzene rings is 4. The summed E-state index contributed by atoms with van der Waals surface area (Å²) in [4.78, 5) is 90.4. The first-order chi connectivity index (χ1) is 39.9. The molecule has 0 bridgehead atoms. The molecule has 2 fully saturated rings. The van der Waals surface area contributed by atoms with Gasteiger partial charge in [0.05, 0.1) is 0 Å². The van der Waals surface area contributed by atoms with Gasteiger partial charge in [-0.3, -0.25) is 28.9 Å². The van der Waals surface area contributed by atoms with Crippen LogP contribution in [0.15, 0.2) is 165 Å². The molecule has 6 aromatic rings. The molecule has 406 valence electrons. The van der Waals surface area contributed by atoms with E-state index in [2.05, 4.69) is 0 Å². The van der Waals surface area contributed by atoms with Crippen molar-refractivity contribution in [2.75, 3.05) is 13.1 Å². The first kappa shape index (κ1) is 55.9. The maximum Gasteiger partial charge on any atom is 0.333 e. The van der Waals surface area contributed by atoms with Gasteiger partial charge in [0.1, 0.15) is 75.8 Å². The van der Waals surface area contributed by atoms with Crippen molar-refractivity contribution in [1.29, 1.82) is 21.0 Å². The van der Waals surface area contributed by atoms with E-state index >= 15 is 19.2 Å². The number of fused-ring (bicyclic) bond motifs is 4. The number of thioether (sulfide) groups is 2. The van der Waals surface area contributed by atoms with Gasteiger partial charge in [0, 0.05) is 45.1 Å². The van der Waals surface area contributed by atoms with E-state index < -0.39 is 46.8 Å². The fourth-order valence-electron chi connectivity index (χ4n) is 9.79. The number of rotatable bonds is 16. The minimum Gasteiger partial charge on any atom is -0.459 e. The number of ether oxygens (including phenoxy) is 4. The van der Waals surface area contributed by atoms with E-state index in [1.807, 2.05) is 24.3 Å². The number of amides is 1. The predicted molar refractivity (Wildman–Crippen MR) is 305 cm³/mol. The highest BCUT2D eigenvalue weighted by Gasteiger charge is 2.72. The lowest BCUT2D eigenvalue weighted by Gasteiger charge is -2.29. The van der Waals surface area contributed by atoms with E-state index in [4.69, 9.17) is 28.9 Å². The number of hydrogen-bond donors (Lipinski definition) is 1. The second-order valence-electron chi connectivity index (χ2n) is 18.2. The molecule has 2 aliphatic carbocycles. The number of aliphatic imine (C=N–C) groups is 2. The third kappa shape index (κ3) is 9.83. The molecule has 0 radical (unpaired) electrons. The first-order valence-electron chi connectivity index (χ1n) is 25.1. The molecule has 1 N–H and O–H groups in total. The fraction of sp³-hybridized carbons (Fsp3) is 0.183. The van der Waals surface area contributed by atoms with Crippen molar-refractivity contribution >= 4 is 107 Å². The van der Waals surface area contributed by atoms with Crippen molar-refractivity contribution in [3.05, 3.63) is 198 Å². The Morgan fingerprint density at radius 3 is 1.27 bits per heavy atom. The maximum atomic E-state index is 16.0. The Morgan fingerprint density at radius 1 is 0.549 bits per heavy atom. The topological polar surface area (TPSA) is 269 Å². The summed E-state index contributed by atoms with van der Waals surface area (Å²) in [6.07, 6.45) is -1.46. The Bertz CT molecular complexity index is 3800. The van der Waals surface area contributed by atoms with Crippen molar-refractivity contribution in [3.63, 3.8) is 0 Å². The largest absolute Gasteiger partial charge is 0.459 e. The summed E-state index contributed by atoms with van der Waals surface area (Å²) in [5.74, 6) is -5.39. The number of thiophene rings is 2. The molecule has 2 aromatic heterocycles. The third-order valence-corrected chi connectivity index (χ3v) is 17.9. The van der Waals surface area contributed by atoms with Crippen LogP contribution in [0.25, 0.3) is 11.1 Å². The van der Waals surface area contributed by atoms with Gasteiger partial charge in [-0.2, -0.15) is 21.0 Å². The zero-order valence-corrected chi connectivity index (χ0v) is 46.6. The van der Waals surface area contributed by atoms with Crippen molar-refractivity contribution < 1.29 is 48.0 Å². The number of nitrogens with zero attached hydrogens (tertiary/aromatic N) is 8. The van der Waals surface area contributed by atoms with Crippen LogP contribution in [0.5, 0.6) is 0 Å². The number of carbonyl (C=O) groups is 5. The number of allylic oxidation sites excluding steroid dienone is 2. The minimum absolute atomic E-state index is 0.00349. The maximum absolute atomic E-state index is 16.0. The number of aliphatic hydroxyl groups is 1. The highest BCUT2D eigenvalue weighted by molar-refractivity contribution is 8.19. The molecule has 2 saturated heterocycles. The smallest absolute Gasteiger partial charge is 0.333 e. The zero-order chi connectivity index (χ0) is 57.7. The van der Waals surface area contributed by atoms with Crippen LogP contribution in [0, 0.1) is 45.3 Å². The molecule has 1 atom stereocenters. The summed E-state index contributed by atoms with van der Waals surface area (Å²) < 4.78 is 25.0. The van der Waals surface area contributed by atoms with Gasteiger partial charge >= 0.3 is 23.9 Å². The van der Waals surface area contributed by atoms with Gasteiger partial charge in [0.25, 0.3) is 5.91 Å². The molecule has 82 heavy (non-hydrogen) atoms. The summed E-state index contributed by atoms with van der Waals surface area (Å²) in [7, 11) is 0. The van der Waals surface area contributed by atoms with Crippen molar-refractivity contribution in [2.24, 2.45) is 9.98 Å². The van der Waals surface area contributed by atoms with Crippen LogP contribution in [-0.4, -0.2) is 74.1 Å². The molecule has 10 rings (SSSR count). The van der Waals surface area contributed by atoms with Gasteiger partial charge in [0.2, 0.25) is 10.8 Å². The quantitative estimate of drug-likeness (QED) is 0.0409. The van der Waals surface area contributed by atoms with E-state index in [0.29, 0.717) is 22.3 Å². The monoisotopic (exact) mass is 1160 g/mol. The van der Waals surface area contributed by atoms with Gasteiger partial charge in [0.15, 0.2) is 22.4 Å². The molecular formula is C60H42N8O10S4. The number of nitriles is 4. The molecule has 0 spiro atoms. The van der Waals surface area contributed by atoms with Crippen LogP contribution in [0.4, 0.5) is 10.0 Å². The SMILES string of the molecule is CCN1C(=O)/C(=N\c2cc3c(s2)C2=C(c4sc(/N=C5/SC(=C(C#N)C#N)N(CC)C5O)cc4C2(C(=O)OCc2ccccc2)C(=O)OCc2ccccc2)C3(C(=O)OCc2ccccc2)C(=O)OCc2ccccc2)SC1=C(C#N)C#N. The Balaban J connectivity index is 1.27.